The Kier molecular flexibility index (Phi) is 5.90. The summed E-state index contributed by atoms with van der Waals surface area (Å²) >= 11 is 0. The number of amides is 1. The maximum Gasteiger partial charge on any atom is 0.337 e. The van der Waals surface area contributed by atoms with Gasteiger partial charge in [-0.1, -0.05) is 26.8 Å². The fraction of sp³-hybridized carbons (Fsp3) is 0.500. The molecule has 116 valence electrons. The molecule has 1 aromatic carbocycles. The van der Waals surface area contributed by atoms with Crippen LogP contribution in [-0.2, 0) is 9.53 Å². The van der Waals surface area contributed by atoms with Crippen molar-refractivity contribution in [1.82, 2.24) is 0 Å². The Morgan fingerprint density at radius 1 is 1.33 bits per heavy atom. The van der Waals surface area contributed by atoms with E-state index in [0.717, 1.165) is 0 Å². The zero-order valence-electron chi connectivity index (χ0n) is 13.1. The predicted molar refractivity (Wildman–Crippen MR) is 83.0 cm³/mol. The second-order valence-electron chi connectivity index (χ2n) is 6.26. The van der Waals surface area contributed by atoms with Crippen LogP contribution in [0.3, 0.4) is 0 Å². The van der Waals surface area contributed by atoms with Gasteiger partial charge in [0.1, 0.15) is 0 Å². The lowest BCUT2D eigenvalue weighted by Crippen LogP contribution is -2.32. The number of nitrogens with one attached hydrogen (secondary N) is 1. The number of benzene rings is 1. The monoisotopic (exact) mass is 292 g/mol. The number of hydrogen-bond donors (Lipinski definition) is 2. The Hall–Kier alpha value is -1.88. The van der Waals surface area contributed by atoms with Gasteiger partial charge in [-0.25, -0.2) is 4.79 Å². The number of methoxy groups -OCH3 is 1. The molecule has 0 bridgehead atoms. The number of ether oxygens (including phenoxy) is 1. The third-order valence-electron chi connectivity index (χ3n) is 3.07. The summed E-state index contributed by atoms with van der Waals surface area (Å²) in [5, 5.41) is 2.81. The standard InChI is InChI=1S/C16H24N2O3/c1-16(2,3)9-12(10-17)14(19)18-13-7-5-6-11(8-13)15(20)21-4/h5-8,12H,9-10,17H2,1-4H3,(H,18,19). The van der Waals surface area contributed by atoms with Crippen molar-refractivity contribution in [3.63, 3.8) is 0 Å². The molecule has 0 fully saturated rings. The molecule has 1 aromatic rings. The Balaban J connectivity index is 2.80. The lowest BCUT2D eigenvalue weighted by atomic mass is 9.84. The van der Waals surface area contributed by atoms with Gasteiger partial charge >= 0.3 is 5.97 Å². The van der Waals surface area contributed by atoms with E-state index in [9.17, 15) is 9.59 Å². The van der Waals surface area contributed by atoms with Crippen molar-refractivity contribution in [3.8, 4) is 0 Å². The molecule has 0 radical (unpaired) electrons. The summed E-state index contributed by atoms with van der Waals surface area (Å²) in [7, 11) is 1.32. The average molecular weight is 292 g/mol. The summed E-state index contributed by atoms with van der Waals surface area (Å²) in [6, 6.07) is 6.66. The lowest BCUT2D eigenvalue weighted by Gasteiger charge is -2.24. The van der Waals surface area contributed by atoms with Gasteiger partial charge in [0.25, 0.3) is 0 Å². The summed E-state index contributed by atoms with van der Waals surface area (Å²) < 4.78 is 4.66. The van der Waals surface area contributed by atoms with E-state index in [1.165, 1.54) is 7.11 Å². The van der Waals surface area contributed by atoms with E-state index in [2.05, 4.69) is 30.8 Å². The van der Waals surface area contributed by atoms with E-state index in [1.807, 2.05) is 0 Å². The third kappa shape index (κ3) is 5.55. The van der Waals surface area contributed by atoms with E-state index in [4.69, 9.17) is 5.73 Å². The Bertz CT molecular complexity index is 506. The quantitative estimate of drug-likeness (QED) is 0.817. The van der Waals surface area contributed by atoms with Crippen molar-refractivity contribution in [2.24, 2.45) is 17.1 Å². The van der Waals surface area contributed by atoms with Gasteiger partial charge in [0.05, 0.1) is 18.6 Å². The number of anilines is 1. The molecule has 1 amide bonds. The summed E-state index contributed by atoms with van der Waals surface area (Å²) in [6.07, 6.45) is 0.700. The smallest absolute Gasteiger partial charge is 0.337 e. The van der Waals surface area contributed by atoms with Gasteiger partial charge in [0.2, 0.25) is 5.91 Å². The zero-order chi connectivity index (χ0) is 16.0. The predicted octanol–water partition coefficient (Wildman–Crippen LogP) is 2.42. The van der Waals surface area contributed by atoms with Crippen LogP contribution in [0.2, 0.25) is 0 Å². The van der Waals surface area contributed by atoms with Crippen molar-refractivity contribution in [1.29, 1.82) is 0 Å². The molecule has 1 atom stereocenters. The molecule has 0 aliphatic carbocycles. The van der Waals surface area contributed by atoms with Crippen LogP contribution in [0.1, 0.15) is 37.6 Å². The molecule has 0 heterocycles. The van der Waals surface area contributed by atoms with Crippen LogP contribution < -0.4 is 11.1 Å². The van der Waals surface area contributed by atoms with Crippen molar-refractivity contribution in [2.75, 3.05) is 19.0 Å². The number of rotatable bonds is 5. The number of carbonyl (C=O) groups is 2. The molecule has 0 aliphatic rings. The first-order chi connectivity index (χ1) is 9.76. The normalized spacial score (nSPS) is 12.6. The SMILES string of the molecule is COC(=O)c1cccc(NC(=O)C(CN)CC(C)(C)C)c1. The van der Waals surface area contributed by atoms with Crippen molar-refractivity contribution in [3.05, 3.63) is 29.8 Å². The Morgan fingerprint density at radius 3 is 2.52 bits per heavy atom. The Labute approximate surface area is 125 Å². The molecular weight excluding hydrogens is 268 g/mol. The fourth-order valence-electron chi connectivity index (χ4n) is 2.11. The number of esters is 1. The van der Waals surface area contributed by atoms with Crippen LogP contribution in [0, 0.1) is 11.3 Å². The third-order valence-corrected chi connectivity index (χ3v) is 3.07. The highest BCUT2D eigenvalue weighted by Crippen LogP contribution is 2.25. The minimum absolute atomic E-state index is 0.0231. The molecule has 0 aliphatic heterocycles. The van der Waals surface area contributed by atoms with Gasteiger partial charge in [-0.2, -0.15) is 0 Å². The molecule has 1 rings (SSSR count). The molecule has 3 N–H and O–H groups in total. The molecule has 0 spiro atoms. The van der Waals surface area contributed by atoms with E-state index in [1.54, 1.807) is 24.3 Å². The largest absolute Gasteiger partial charge is 0.465 e. The van der Waals surface area contributed by atoms with E-state index in [0.29, 0.717) is 24.2 Å². The lowest BCUT2D eigenvalue weighted by molar-refractivity contribution is -0.120. The molecule has 0 saturated heterocycles. The second kappa shape index (κ2) is 7.22. The average Bonchev–Trinajstić information content (AvgIpc) is 2.43. The van der Waals surface area contributed by atoms with Crippen LogP contribution in [0.25, 0.3) is 0 Å². The first-order valence-corrected chi connectivity index (χ1v) is 6.96. The Morgan fingerprint density at radius 2 is 2.00 bits per heavy atom. The van der Waals surface area contributed by atoms with Crippen LogP contribution in [0.5, 0.6) is 0 Å². The molecule has 0 saturated carbocycles. The number of nitrogens with two attached hydrogens (primary N) is 1. The molecule has 1 unspecified atom stereocenters. The minimum Gasteiger partial charge on any atom is -0.465 e. The van der Waals surface area contributed by atoms with E-state index < -0.39 is 5.97 Å². The first-order valence-electron chi connectivity index (χ1n) is 6.96. The zero-order valence-corrected chi connectivity index (χ0v) is 13.1. The van der Waals surface area contributed by atoms with Gasteiger partial charge in [0.15, 0.2) is 0 Å². The molecule has 5 nitrogen and oxygen atoms in total. The number of carbonyl (C=O) groups excluding carboxylic acids is 2. The van der Waals surface area contributed by atoms with Crippen LogP contribution in [0.15, 0.2) is 24.3 Å². The maximum atomic E-state index is 12.3. The molecule has 21 heavy (non-hydrogen) atoms. The fourth-order valence-corrected chi connectivity index (χ4v) is 2.11. The maximum absolute atomic E-state index is 12.3. The van der Waals surface area contributed by atoms with Crippen LogP contribution in [-0.4, -0.2) is 25.5 Å². The second-order valence-corrected chi connectivity index (χ2v) is 6.26. The van der Waals surface area contributed by atoms with Gasteiger partial charge in [-0.3, -0.25) is 4.79 Å². The van der Waals surface area contributed by atoms with Crippen LogP contribution >= 0.6 is 0 Å². The van der Waals surface area contributed by atoms with Gasteiger partial charge in [-0.15, -0.1) is 0 Å². The minimum atomic E-state index is -0.434. The summed E-state index contributed by atoms with van der Waals surface area (Å²) in [6.45, 7) is 6.50. The first kappa shape index (κ1) is 17.2. The van der Waals surface area contributed by atoms with Gasteiger partial charge < -0.3 is 15.8 Å². The summed E-state index contributed by atoms with van der Waals surface area (Å²) in [5.74, 6) is -0.822. The van der Waals surface area contributed by atoms with Gasteiger partial charge in [-0.05, 0) is 30.0 Å². The van der Waals surface area contributed by atoms with Crippen LogP contribution in [0.4, 0.5) is 5.69 Å². The molecular formula is C16H24N2O3. The number of hydrogen-bond acceptors (Lipinski definition) is 4. The summed E-state index contributed by atoms with van der Waals surface area (Å²) in [5.41, 5.74) is 6.69. The topological polar surface area (TPSA) is 81.4 Å². The molecule has 5 heteroatoms. The molecule has 0 aromatic heterocycles. The highest BCUT2D eigenvalue weighted by Gasteiger charge is 2.23. The highest BCUT2D eigenvalue weighted by atomic mass is 16.5. The van der Waals surface area contributed by atoms with E-state index in [-0.39, 0.29) is 17.2 Å². The van der Waals surface area contributed by atoms with Crippen molar-refractivity contribution >= 4 is 17.6 Å². The highest BCUT2D eigenvalue weighted by molar-refractivity contribution is 5.95. The van der Waals surface area contributed by atoms with Gasteiger partial charge in [0, 0.05) is 12.2 Å². The van der Waals surface area contributed by atoms with E-state index >= 15 is 0 Å². The van der Waals surface area contributed by atoms with Crippen molar-refractivity contribution < 1.29 is 14.3 Å². The summed E-state index contributed by atoms with van der Waals surface area (Å²) in [4.78, 5) is 23.7. The van der Waals surface area contributed by atoms with Crippen molar-refractivity contribution in [2.45, 2.75) is 27.2 Å².